The number of hydrogen-bond donors (Lipinski definition) is 1. The molecule has 4 nitrogen and oxygen atoms in total. The second kappa shape index (κ2) is 4.35. The van der Waals surface area contributed by atoms with Crippen molar-refractivity contribution >= 4 is 11.9 Å². The summed E-state index contributed by atoms with van der Waals surface area (Å²) in [6.45, 7) is 3.43. The number of benzene rings is 1. The Labute approximate surface area is 94.5 Å². The van der Waals surface area contributed by atoms with Gasteiger partial charge in [-0.05, 0) is 25.0 Å². The van der Waals surface area contributed by atoms with Crippen molar-refractivity contribution in [3.05, 3.63) is 34.4 Å². The molecular weight excluding hydrogens is 206 g/mol. The first-order valence-electron chi connectivity index (χ1n) is 4.91. The van der Waals surface area contributed by atoms with Gasteiger partial charge < -0.3 is 10.0 Å². The summed E-state index contributed by atoms with van der Waals surface area (Å²) in [6.07, 6.45) is 0. The molecule has 1 rings (SSSR count). The fourth-order valence-electron chi connectivity index (χ4n) is 1.59. The zero-order valence-corrected chi connectivity index (χ0v) is 9.87. The lowest BCUT2D eigenvalue weighted by atomic mass is 9.96. The average molecular weight is 221 g/mol. The number of carbonyl (C=O) groups is 2. The molecule has 4 heteroatoms. The fourth-order valence-corrected chi connectivity index (χ4v) is 1.59. The first-order chi connectivity index (χ1) is 7.36. The average Bonchev–Trinajstić information content (AvgIpc) is 2.19. The zero-order chi connectivity index (χ0) is 12.5. The minimum atomic E-state index is -1.06. The highest BCUT2D eigenvalue weighted by atomic mass is 16.4. The number of aryl methyl sites for hydroxylation is 2. The van der Waals surface area contributed by atoms with Gasteiger partial charge in [0.05, 0.1) is 11.1 Å². The molecule has 0 aliphatic rings. The van der Waals surface area contributed by atoms with Crippen LogP contribution in [0.4, 0.5) is 0 Å². The van der Waals surface area contributed by atoms with Gasteiger partial charge in [0, 0.05) is 14.1 Å². The fraction of sp³-hybridized carbons (Fsp3) is 0.333. The molecule has 0 unspecified atom stereocenters. The molecule has 1 amide bonds. The van der Waals surface area contributed by atoms with E-state index in [0.717, 1.165) is 0 Å². The number of nitrogens with zero attached hydrogens (tertiary/aromatic N) is 1. The normalized spacial score (nSPS) is 10.0. The van der Waals surface area contributed by atoms with Crippen LogP contribution in [-0.2, 0) is 0 Å². The van der Waals surface area contributed by atoms with Crippen LogP contribution in [0, 0.1) is 13.8 Å². The number of carbonyl (C=O) groups excluding carboxylic acids is 1. The van der Waals surface area contributed by atoms with Gasteiger partial charge in [0.15, 0.2) is 0 Å². The molecule has 0 fully saturated rings. The van der Waals surface area contributed by atoms with E-state index in [9.17, 15) is 9.59 Å². The number of amides is 1. The highest BCUT2D eigenvalue weighted by Crippen LogP contribution is 2.20. The molecule has 0 radical (unpaired) electrons. The minimum absolute atomic E-state index is 0.0960. The second-order valence-electron chi connectivity index (χ2n) is 3.95. The van der Waals surface area contributed by atoms with E-state index in [-0.39, 0.29) is 17.0 Å². The first-order valence-corrected chi connectivity index (χ1v) is 4.91. The summed E-state index contributed by atoms with van der Waals surface area (Å²) in [5, 5.41) is 9.13. The third-order valence-electron chi connectivity index (χ3n) is 2.46. The van der Waals surface area contributed by atoms with Crippen molar-refractivity contribution in [3.63, 3.8) is 0 Å². The molecule has 16 heavy (non-hydrogen) atoms. The van der Waals surface area contributed by atoms with Gasteiger partial charge in [-0.25, -0.2) is 4.79 Å². The highest BCUT2D eigenvalue weighted by molar-refractivity contribution is 6.06. The maximum Gasteiger partial charge on any atom is 0.336 e. The maximum absolute atomic E-state index is 11.9. The molecule has 0 atom stereocenters. The number of rotatable bonds is 2. The van der Waals surface area contributed by atoms with Gasteiger partial charge in [-0.2, -0.15) is 0 Å². The maximum atomic E-state index is 11.9. The summed E-state index contributed by atoms with van der Waals surface area (Å²) in [5.41, 5.74) is 1.65. The van der Waals surface area contributed by atoms with Crippen molar-refractivity contribution in [1.29, 1.82) is 0 Å². The van der Waals surface area contributed by atoms with Crippen LogP contribution in [0.15, 0.2) is 12.1 Å². The topological polar surface area (TPSA) is 57.6 Å². The van der Waals surface area contributed by atoms with Crippen molar-refractivity contribution in [3.8, 4) is 0 Å². The van der Waals surface area contributed by atoms with Crippen LogP contribution >= 0.6 is 0 Å². The summed E-state index contributed by atoms with van der Waals surface area (Å²) in [6, 6.07) is 3.48. The Morgan fingerprint density at radius 1 is 1.06 bits per heavy atom. The van der Waals surface area contributed by atoms with Gasteiger partial charge in [0.25, 0.3) is 5.91 Å². The lowest BCUT2D eigenvalue weighted by Crippen LogP contribution is -2.25. The Morgan fingerprint density at radius 3 is 1.88 bits per heavy atom. The lowest BCUT2D eigenvalue weighted by Gasteiger charge is -2.16. The van der Waals surface area contributed by atoms with Crippen LogP contribution in [0.25, 0.3) is 0 Å². The van der Waals surface area contributed by atoms with Gasteiger partial charge >= 0.3 is 5.97 Å². The Morgan fingerprint density at radius 2 is 1.50 bits per heavy atom. The largest absolute Gasteiger partial charge is 0.478 e. The second-order valence-corrected chi connectivity index (χ2v) is 3.95. The number of aromatic carboxylic acids is 1. The molecule has 1 aromatic carbocycles. The van der Waals surface area contributed by atoms with Gasteiger partial charge in [0.2, 0.25) is 0 Å². The quantitative estimate of drug-likeness (QED) is 0.827. The van der Waals surface area contributed by atoms with Crippen LogP contribution in [0.3, 0.4) is 0 Å². The Bertz CT molecular complexity index is 450. The molecular formula is C12H15NO3. The SMILES string of the molecule is Cc1ccc(C)c(C(=O)N(C)C)c1C(=O)O. The molecule has 0 heterocycles. The van der Waals surface area contributed by atoms with E-state index in [1.807, 2.05) is 0 Å². The molecule has 1 aromatic rings. The Hall–Kier alpha value is -1.84. The first kappa shape index (κ1) is 12.2. The van der Waals surface area contributed by atoms with E-state index in [1.54, 1.807) is 40.1 Å². The third kappa shape index (κ3) is 2.05. The standard InChI is InChI=1S/C12H15NO3/c1-7-5-6-8(2)10(12(15)16)9(7)11(14)13(3)4/h5-6H,1-4H3,(H,15,16). The predicted octanol–water partition coefficient (Wildman–Crippen LogP) is 1.70. The van der Waals surface area contributed by atoms with Crippen molar-refractivity contribution in [2.45, 2.75) is 13.8 Å². The lowest BCUT2D eigenvalue weighted by molar-refractivity contribution is 0.0684. The Kier molecular flexibility index (Phi) is 3.32. The van der Waals surface area contributed by atoms with Crippen LogP contribution in [0.1, 0.15) is 31.8 Å². The van der Waals surface area contributed by atoms with E-state index in [4.69, 9.17) is 5.11 Å². The van der Waals surface area contributed by atoms with E-state index in [2.05, 4.69) is 0 Å². The van der Waals surface area contributed by atoms with Crippen molar-refractivity contribution in [1.82, 2.24) is 4.90 Å². The molecule has 0 saturated carbocycles. The Balaban J connectivity index is 3.52. The van der Waals surface area contributed by atoms with Gasteiger partial charge in [-0.3, -0.25) is 4.79 Å². The van der Waals surface area contributed by atoms with E-state index >= 15 is 0 Å². The number of carboxylic acids is 1. The van der Waals surface area contributed by atoms with E-state index < -0.39 is 5.97 Å². The summed E-state index contributed by atoms with van der Waals surface area (Å²) in [4.78, 5) is 24.4. The summed E-state index contributed by atoms with van der Waals surface area (Å²) < 4.78 is 0. The van der Waals surface area contributed by atoms with Crippen LogP contribution < -0.4 is 0 Å². The third-order valence-corrected chi connectivity index (χ3v) is 2.46. The van der Waals surface area contributed by atoms with Crippen LogP contribution in [0.5, 0.6) is 0 Å². The van der Waals surface area contributed by atoms with Gasteiger partial charge in [0.1, 0.15) is 0 Å². The molecule has 0 bridgehead atoms. The van der Waals surface area contributed by atoms with Crippen molar-refractivity contribution < 1.29 is 14.7 Å². The molecule has 1 N–H and O–H groups in total. The van der Waals surface area contributed by atoms with E-state index in [1.165, 1.54) is 4.90 Å². The number of hydrogen-bond acceptors (Lipinski definition) is 2. The minimum Gasteiger partial charge on any atom is -0.478 e. The molecule has 0 aromatic heterocycles. The number of carboxylic acid groups (broad SMARTS) is 1. The molecule has 0 aliphatic carbocycles. The molecule has 86 valence electrons. The van der Waals surface area contributed by atoms with E-state index in [0.29, 0.717) is 11.1 Å². The van der Waals surface area contributed by atoms with Gasteiger partial charge in [-0.15, -0.1) is 0 Å². The molecule has 0 saturated heterocycles. The predicted molar refractivity (Wildman–Crippen MR) is 60.9 cm³/mol. The van der Waals surface area contributed by atoms with Crippen molar-refractivity contribution in [2.75, 3.05) is 14.1 Å². The van der Waals surface area contributed by atoms with Gasteiger partial charge in [-0.1, -0.05) is 12.1 Å². The van der Waals surface area contributed by atoms with Crippen LogP contribution in [0.2, 0.25) is 0 Å². The summed E-state index contributed by atoms with van der Waals surface area (Å²) in [5.74, 6) is -1.34. The smallest absolute Gasteiger partial charge is 0.336 e. The molecule has 0 spiro atoms. The van der Waals surface area contributed by atoms with Crippen molar-refractivity contribution in [2.24, 2.45) is 0 Å². The molecule has 0 aliphatic heterocycles. The summed E-state index contributed by atoms with van der Waals surface area (Å²) in [7, 11) is 3.21. The zero-order valence-electron chi connectivity index (χ0n) is 9.87. The summed E-state index contributed by atoms with van der Waals surface area (Å²) >= 11 is 0. The highest BCUT2D eigenvalue weighted by Gasteiger charge is 2.22. The van der Waals surface area contributed by atoms with Crippen LogP contribution in [-0.4, -0.2) is 36.0 Å². The monoisotopic (exact) mass is 221 g/mol.